The molecule has 0 spiro atoms. The molecule has 0 amide bonds. The fourth-order valence-electron chi connectivity index (χ4n) is 6.10. The molecule has 0 aliphatic heterocycles. The summed E-state index contributed by atoms with van der Waals surface area (Å²) in [6.45, 7) is 0. The summed E-state index contributed by atoms with van der Waals surface area (Å²) >= 11 is 0. The van der Waals surface area contributed by atoms with Crippen LogP contribution in [0.2, 0.25) is 0 Å². The van der Waals surface area contributed by atoms with Crippen LogP contribution >= 0.6 is 0 Å². The Morgan fingerprint density at radius 2 is 0.444 bits per heavy atom. The van der Waals surface area contributed by atoms with E-state index in [1.54, 1.807) is 18.6 Å². The topological polar surface area (TPSA) is 116 Å². The third kappa shape index (κ3) is 6.84. The highest BCUT2D eigenvalue weighted by Crippen LogP contribution is 2.32. The van der Waals surface area contributed by atoms with Crippen molar-refractivity contribution in [1.29, 1.82) is 0 Å². The van der Waals surface area contributed by atoms with Gasteiger partial charge in [-0.15, -0.1) is 0 Å². The van der Waals surface area contributed by atoms with E-state index in [-0.39, 0.29) is 0 Å². The Morgan fingerprint density at radius 1 is 0.204 bits per heavy atom. The zero-order valence-electron chi connectivity index (χ0n) is 28.8. The van der Waals surface area contributed by atoms with Gasteiger partial charge in [0.1, 0.15) is 0 Å². The Morgan fingerprint density at radius 3 is 0.759 bits per heavy atom. The van der Waals surface area contributed by atoms with E-state index in [9.17, 15) is 0 Å². The number of aromatic nitrogens is 9. The molecule has 0 radical (unpaired) electrons. The molecule has 0 saturated heterocycles. The van der Waals surface area contributed by atoms with Gasteiger partial charge in [-0.2, -0.15) is 0 Å². The number of rotatable bonds is 8. The molecule has 0 bridgehead atoms. The van der Waals surface area contributed by atoms with Crippen LogP contribution in [0.25, 0.3) is 91.0 Å². The van der Waals surface area contributed by atoms with Crippen LogP contribution in [-0.4, -0.2) is 44.9 Å². The molecule has 9 aromatic heterocycles. The monoisotopic (exact) mass is 695 g/mol. The van der Waals surface area contributed by atoms with E-state index in [4.69, 9.17) is 29.9 Å². The smallest absolute Gasteiger partial charge is 0.0901 e. The fraction of sp³-hybridized carbons (Fsp3) is 0. The standard InChI is InChI=1S/C45H29N9/c1-4-25-46-32(12-1)35-16-7-15-31(49-35)30-28-44(42-23-10-21-40(52-42)38-19-8-17-36(50-38)33-13-2-5-26-47-33)54-45(29-30)43-24-11-22-41(53-43)39-20-9-18-37(51-39)34-14-3-6-27-48-34/h1-29H. The van der Waals surface area contributed by atoms with E-state index in [0.29, 0.717) is 34.2 Å². The molecule has 0 aliphatic rings. The van der Waals surface area contributed by atoms with Crippen molar-refractivity contribution in [3.63, 3.8) is 0 Å². The van der Waals surface area contributed by atoms with Crippen molar-refractivity contribution in [2.75, 3.05) is 0 Å². The molecule has 0 unspecified atom stereocenters. The SMILES string of the molecule is c1ccc(-c2cccc(-c3cc(-c4cccc(-c5cccc(-c6ccccn6)n5)n4)nc(-c4cccc(-c5cccc(-c6ccccn6)n5)n4)c3)n2)nc1. The molecule has 9 heterocycles. The molecule has 9 nitrogen and oxygen atoms in total. The van der Waals surface area contributed by atoms with Crippen LogP contribution in [-0.2, 0) is 0 Å². The Hall–Kier alpha value is -7.65. The maximum atomic E-state index is 5.15. The number of hydrogen-bond acceptors (Lipinski definition) is 9. The highest BCUT2D eigenvalue weighted by atomic mass is 14.9. The van der Waals surface area contributed by atoms with Crippen LogP contribution in [0.3, 0.4) is 0 Å². The highest BCUT2D eigenvalue weighted by Gasteiger charge is 2.15. The predicted octanol–water partition coefficient (Wildman–Crippen LogP) is 9.58. The van der Waals surface area contributed by atoms with E-state index < -0.39 is 0 Å². The first-order chi connectivity index (χ1) is 26.7. The van der Waals surface area contributed by atoms with Crippen LogP contribution in [0.5, 0.6) is 0 Å². The molecule has 0 fully saturated rings. The normalized spacial score (nSPS) is 11.0. The third-order valence-electron chi connectivity index (χ3n) is 8.70. The average Bonchev–Trinajstić information content (AvgIpc) is 3.27. The molecule has 9 heteroatoms. The van der Waals surface area contributed by atoms with Crippen molar-refractivity contribution in [3.8, 4) is 91.0 Å². The lowest BCUT2D eigenvalue weighted by atomic mass is 10.1. The maximum Gasteiger partial charge on any atom is 0.0901 e. The second-order valence-corrected chi connectivity index (χ2v) is 12.3. The minimum absolute atomic E-state index is 0.665. The first kappa shape index (κ1) is 32.3. The zero-order valence-corrected chi connectivity index (χ0v) is 28.8. The zero-order chi connectivity index (χ0) is 36.1. The third-order valence-corrected chi connectivity index (χ3v) is 8.70. The van der Waals surface area contributed by atoms with Crippen molar-refractivity contribution >= 4 is 0 Å². The van der Waals surface area contributed by atoms with Gasteiger partial charge in [-0.05, 0) is 109 Å². The van der Waals surface area contributed by atoms with E-state index in [2.05, 4.69) is 15.0 Å². The molecule has 0 atom stereocenters. The summed E-state index contributed by atoms with van der Waals surface area (Å²) in [6.07, 6.45) is 5.30. The maximum absolute atomic E-state index is 5.15. The molecule has 9 aromatic rings. The lowest BCUT2D eigenvalue weighted by Gasteiger charge is -2.12. The Balaban J connectivity index is 1.15. The summed E-state index contributed by atoms with van der Waals surface area (Å²) in [5, 5.41) is 0. The van der Waals surface area contributed by atoms with Gasteiger partial charge in [0.15, 0.2) is 0 Å². The minimum Gasteiger partial charge on any atom is -0.255 e. The molecule has 0 aliphatic carbocycles. The lowest BCUT2D eigenvalue weighted by Crippen LogP contribution is -1.98. The summed E-state index contributed by atoms with van der Waals surface area (Å²) in [4.78, 5) is 43.6. The highest BCUT2D eigenvalue weighted by molar-refractivity contribution is 5.76. The van der Waals surface area contributed by atoms with Crippen LogP contribution < -0.4 is 0 Å². The first-order valence-corrected chi connectivity index (χ1v) is 17.4. The van der Waals surface area contributed by atoms with Gasteiger partial charge in [0.2, 0.25) is 0 Å². The van der Waals surface area contributed by atoms with Gasteiger partial charge in [-0.3, -0.25) is 15.0 Å². The summed E-state index contributed by atoms with van der Waals surface area (Å²) in [6, 6.07) is 50.8. The molecular formula is C45H29N9. The summed E-state index contributed by atoms with van der Waals surface area (Å²) in [5.41, 5.74) is 11.9. The van der Waals surface area contributed by atoms with E-state index >= 15 is 0 Å². The molecule has 9 rings (SSSR count). The second-order valence-electron chi connectivity index (χ2n) is 12.3. The van der Waals surface area contributed by atoms with Crippen molar-refractivity contribution in [2.24, 2.45) is 0 Å². The van der Waals surface area contributed by atoms with Gasteiger partial charge in [0, 0.05) is 24.2 Å². The van der Waals surface area contributed by atoms with E-state index in [1.807, 2.05) is 158 Å². The Kier molecular flexibility index (Phi) is 8.68. The molecule has 0 aromatic carbocycles. The van der Waals surface area contributed by atoms with Crippen LogP contribution in [0.4, 0.5) is 0 Å². The molecule has 254 valence electrons. The number of nitrogens with zero attached hydrogens (tertiary/aromatic N) is 9. The summed E-state index contributed by atoms with van der Waals surface area (Å²) in [7, 11) is 0. The van der Waals surface area contributed by atoms with Crippen LogP contribution in [0, 0.1) is 0 Å². The summed E-state index contributed by atoms with van der Waals surface area (Å²) < 4.78 is 0. The number of hydrogen-bond donors (Lipinski definition) is 0. The Labute approximate surface area is 311 Å². The molecule has 0 saturated carbocycles. The summed E-state index contributed by atoms with van der Waals surface area (Å²) in [5.74, 6) is 0. The first-order valence-electron chi connectivity index (χ1n) is 17.4. The van der Waals surface area contributed by atoms with Crippen molar-refractivity contribution in [1.82, 2.24) is 44.9 Å². The lowest BCUT2D eigenvalue weighted by molar-refractivity contribution is 1.19. The number of pyridine rings is 9. The largest absolute Gasteiger partial charge is 0.255 e. The van der Waals surface area contributed by atoms with Gasteiger partial charge in [-0.1, -0.05) is 48.5 Å². The van der Waals surface area contributed by atoms with Gasteiger partial charge < -0.3 is 0 Å². The molecule has 0 N–H and O–H groups in total. The second kappa shape index (κ2) is 14.5. The van der Waals surface area contributed by atoms with E-state index in [1.165, 1.54) is 0 Å². The van der Waals surface area contributed by atoms with Gasteiger partial charge in [0.25, 0.3) is 0 Å². The molecule has 54 heavy (non-hydrogen) atoms. The van der Waals surface area contributed by atoms with Crippen molar-refractivity contribution in [3.05, 3.63) is 176 Å². The molecular weight excluding hydrogens is 667 g/mol. The van der Waals surface area contributed by atoms with Gasteiger partial charge in [0.05, 0.1) is 85.4 Å². The minimum atomic E-state index is 0.665. The van der Waals surface area contributed by atoms with Crippen LogP contribution in [0.15, 0.2) is 176 Å². The Bertz CT molecular complexity index is 2580. The van der Waals surface area contributed by atoms with Crippen molar-refractivity contribution < 1.29 is 0 Å². The predicted molar refractivity (Wildman–Crippen MR) is 210 cm³/mol. The van der Waals surface area contributed by atoms with Gasteiger partial charge >= 0.3 is 0 Å². The van der Waals surface area contributed by atoms with E-state index in [0.717, 1.165) is 56.8 Å². The van der Waals surface area contributed by atoms with Crippen LogP contribution in [0.1, 0.15) is 0 Å². The van der Waals surface area contributed by atoms with Crippen molar-refractivity contribution in [2.45, 2.75) is 0 Å². The van der Waals surface area contributed by atoms with Gasteiger partial charge in [-0.25, -0.2) is 29.9 Å². The fourth-order valence-corrected chi connectivity index (χ4v) is 6.10. The average molecular weight is 696 g/mol. The quantitative estimate of drug-likeness (QED) is 0.153.